The van der Waals surface area contributed by atoms with Gasteiger partial charge in [-0.2, -0.15) is 0 Å². The Balaban J connectivity index is 2.94. The Morgan fingerprint density at radius 3 is 2.46 bits per heavy atom. The van der Waals surface area contributed by atoms with Crippen LogP contribution < -0.4 is 0 Å². The van der Waals surface area contributed by atoms with E-state index in [9.17, 15) is 8.78 Å². The normalized spacial score (nSPS) is 10.7. The highest BCUT2D eigenvalue weighted by Crippen LogP contribution is 2.22. The maximum Gasteiger partial charge on any atom is 0.166 e. The van der Waals surface area contributed by atoms with E-state index >= 15 is 0 Å². The molecule has 2 heteroatoms. The van der Waals surface area contributed by atoms with E-state index in [-0.39, 0.29) is 0 Å². The van der Waals surface area contributed by atoms with Gasteiger partial charge in [-0.3, -0.25) is 0 Å². The molecule has 0 aliphatic carbocycles. The SMILES string of the molecule is Cc1cc2ccccc2c(F)c1F. The van der Waals surface area contributed by atoms with E-state index in [0.29, 0.717) is 10.9 Å². The van der Waals surface area contributed by atoms with E-state index in [0.717, 1.165) is 5.39 Å². The summed E-state index contributed by atoms with van der Waals surface area (Å²) in [5.74, 6) is -1.51. The van der Waals surface area contributed by atoms with Gasteiger partial charge in [0.25, 0.3) is 0 Å². The second-order valence-corrected chi connectivity index (χ2v) is 3.04. The summed E-state index contributed by atoms with van der Waals surface area (Å²) < 4.78 is 26.4. The van der Waals surface area contributed by atoms with Gasteiger partial charge in [0.05, 0.1) is 0 Å². The number of rotatable bonds is 0. The first-order valence-corrected chi connectivity index (χ1v) is 4.03. The van der Waals surface area contributed by atoms with Gasteiger partial charge in [0.1, 0.15) is 0 Å². The summed E-state index contributed by atoms with van der Waals surface area (Å²) in [5.41, 5.74) is 0.344. The third-order valence-electron chi connectivity index (χ3n) is 2.11. The summed E-state index contributed by atoms with van der Waals surface area (Å²) in [7, 11) is 0. The van der Waals surface area contributed by atoms with Crippen LogP contribution in [0.15, 0.2) is 30.3 Å². The quantitative estimate of drug-likeness (QED) is 0.579. The third kappa shape index (κ3) is 1.18. The molecule has 0 nitrogen and oxygen atoms in total. The molecule has 0 saturated heterocycles. The Morgan fingerprint density at radius 1 is 1.00 bits per heavy atom. The summed E-state index contributed by atoms with van der Waals surface area (Å²) in [6, 6.07) is 8.49. The first-order chi connectivity index (χ1) is 6.20. The van der Waals surface area contributed by atoms with Gasteiger partial charge in [0.2, 0.25) is 0 Å². The molecule has 0 aromatic heterocycles. The van der Waals surface area contributed by atoms with Gasteiger partial charge in [-0.1, -0.05) is 24.3 Å². The Labute approximate surface area is 74.8 Å². The van der Waals surface area contributed by atoms with Crippen LogP contribution in [-0.2, 0) is 0 Å². The minimum absolute atomic E-state index is 0.339. The topological polar surface area (TPSA) is 0 Å². The predicted octanol–water partition coefficient (Wildman–Crippen LogP) is 3.43. The van der Waals surface area contributed by atoms with Crippen molar-refractivity contribution in [1.29, 1.82) is 0 Å². The molecule has 13 heavy (non-hydrogen) atoms. The van der Waals surface area contributed by atoms with E-state index in [1.54, 1.807) is 37.3 Å². The minimum atomic E-state index is -0.754. The highest BCUT2D eigenvalue weighted by atomic mass is 19.2. The fourth-order valence-corrected chi connectivity index (χ4v) is 1.41. The van der Waals surface area contributed by atoms with Crippen molar-refractivity contribution >= 4 is 10.8 Å². The van der Waals surface area contributed by atoms with Crippen LogP contribution in [0.4, 0.5) is 8.78 Å². The van der Waals surface area contributed by atoms with Crippen molar-refractivity contribution in [3.8, 4) is 0 Å². The number of benzene rings is 2. The van der Waals surface area contributed by atoms with Crippen molar-refractivity contribution in [3.05, 3.63) is 47.5 Å². The van der Waals surface area contributed by atoms with Gasteiger partial charge in [-0.25, -0.2) is 8.78 Å². The molecular weight excluding hydrogens is 170 g/mol. The van der Waals surface area contributed by atoms with Crippen LogP contribution in [0.5, 0.6) is 0 Å². The Bertz CT molecular complexity index is 461. The van der Waals surface area contributed by atoms with E-state index in [2.05, 4.69) is 0 Å². The summed E-state index contributed by atoms with van der Waals surface area (Å²) in [5, 5.41) is 1.07. The van der Waals surface area contributed by atoms with Crippen molar-refractivity contribution in [3.63, 3.8) is 0 Å². The largest absolute Gasteiger partial charge is 0.203 e. The monoisotopic (exact) mass is 178 g/mol. The van der Waals surface area contributed by atoms with Gasteiger partial charge in [-0.15, -0.1) is 0 Å². The molecule has 0 N–H and O–H groups in total. The molecule has 0 saturated carbocycles. The first-order valence-electron chi connectivity index (χ1n) is 4.03. The molecule has 0 atom stereocenters. The Kier molecular flexibility index (Phi) is 1.76. The average Bonchev–Trinajstić information content (AvgIpc) is 2.15. The smallest absolute Gasteiger partial charge is 0.166 e. The van der Waals surface area contributed by atoms with Crippen LogP contribution >= 0.6 is 0 Å². The second kappa shape index (κ2) is 2.80. The van der Waals surface area contributed by atoms with Gasteiger partial charge in [0.15, 0.2) is 11.6 Å². The molecule has 0 bridgehead atoms. The van der Waals surface area contributed by atoms with Crippen molar-refractivity contribution in [1.82, 2.24) is 0 Å². The lowest BCUT2D eigenvalue weighted by atomic mass is 10.1. The van der Waals surface area contributed by atoms with E-state index in [1.807, 2.05) is 0 Å². The molecule has 0 radical (unpaired) electrons. The standard InChI is InChI=1S/C11H8F2/c1-7-6-8-4-2-3-5-9(8)11(13)10(7)12/h2-6H,1H3. The number of hydrogen-bond acceptors (Lipinski definition) is 0. The maximum absolute atomic E-state index is 13.3. The molecule has 0 spiro atoms. The van der Waals surface area contributed by atoms with Gasteiger partial charge >= 0.3 is 0 Å². The number of hydrogen-bond donors (Lipinski definition) is 0. The zero-order chi connectivity index (χ0) is 9.42. The van der Waals surface area contributed by atoms with Gasteiger partial charge in [0, 0.05) is 5.39 Å². The van der Waals surface area contributed by atoms with E-state index in [1.165, 1.54) is 0 Å². The molecular formula is C11H8F2. The number of aryl methyl sites for hydroxylation is 1. The highest BCUT2D eigenvalue weighted by molar-refractivity contribution is 5.83. The molecule has 0 aliphatic heterocycles. The fraction of sp³-hybridized carbons (Fsp3) is 0.0909. The average molecular weight is 178 g/mol. The molecule has 0 unspecified atom stereocenters. The lowest BCUT2D eigenvalue weighted by Gasteiger charge is -2.02. The van der Waals surface area contributed by atoms with Crippen molar-refractivity contribution in [2.75, 3.05) is 0 Å². The first kappa shape index (κ1) is 8.17. The van der Waals surface area contributed by atoms with Crippen molar-refractivity contribution in [2.45, 2.75) is 6.92 Å². The summed E-state index contributed by atoms with van der Waals surface area (Å²) in [6.07, 6.45) is 0. The van der Waals surface area contributed by atoms with Crippen molar-refractivity contribution in [2.24, 2.45) is 0 Å². The summed E-state index contributed by atoms with van der Waals surface area (Å²) in [4.78, 5) is 0. The molecule has 2 rings (SSSR count). The zero-order valence-corrected chi connectivity index (χ0v) is 7.14. The molecule has 2 aromatic carbocycles. The molecule has 66 valence electrons. The predicted molar refractivity (Wildman–Crippen MR) is 48.6 cm³/mol. The van der Waals surface area contributed by atoms with Gasteiger partial charge in [-0.05, 0) is 23.9 Å². The van der Waals surface area contributed by atoms with Crippen LogP contribution in [0.2, 0.25) is 0 Å². The van der Waals surface area contributed by atoms with E-state index < -0.39 is 11.6 Å². The zero-order valence-electron chi connectivity index (χ0n) is 7.14. The van der Waals surface area contributed by atoms with Crippen LogP contribution in [0.1, 0.15) is 5.56 Å². The minimum Gasteiger partial charge on any atom is -0.203 e. The second-order valence-electron chi connectivity index (χ2n) is 3.04. The molecule has 0 heterocycles. The van der Waals surface area contributed by atoms with Gasteiger partial charge < -0.3 is 0 Å². The maximum atomic E-state index is 13.3. The molecule has 0 fully saturated rings. The van der Waals surface area contributed by atoms with Crippen LogP contribution in [-0.4, -0.2) is 0 Å². The summed E-state index contributed by atoms with van der Waals surface area (Å²) >= 11 is 0. The lowest BCUT2D eigenvalue weighted by Crippen LogP contribution is -1.90. The number of fused-ring (bicyclic) bond motifs is 1. The third-order valence-corrected chi connectivity index (χ3v) is 2.11. The highest BCUT2D eigenvalue weighted by Gasteiger charge is 2.09. The van der Waals surface area contributed by atoms with Crippen LogP contribution in [0.25, 0.3) is 10.8 Å². The Hall–Kier alpha value is -1.44. The summed E-state index contributed by atoms with van der Waals surface area (Å²) in [6.45, 7) is 1.56. The lowest BCUT2D eigenvalue weighted by molar-refractivity contribution is 0.511. The molecule has 0 aliphatic rings. The molecule has 0 amide bonds. The van der Waals surface area contributed by atoms with Crippen LogP contribution in [0, 0.1) is 18.6 Å². The Morgan fingerprint density at radius 2 is 1.69 bits per heavy atom. The van der Waals surface area contributed by atoms with E-state index in [4.69, 9.17) is 0 Å². The van der Waals surface area contributed by atoms with Crippen LogP contribution in [0.3, 0.4) is 0 Å². The molecule has 2 aromatic rings. The number of halogens is 2. The fourth-order valence-electron chi connectivity index (χ4n) is 1.41. The van der Waals surface area contributed by atoms with Crippen molar-refractivity contribution < 1.29 is 8.78 Å².